The predicted octanol–water partition coefficient (Wildman–Crippen LogP) is 0.610. The Morgan fingerprint density at radius 3 is 2.56 bits per heavy atom. The molecule has 1 aliphatic rings. The predicted molar refractivity (Wildman–Crippen MR) is 66.1 cm³/mol. The van der Waals surface area contributed by atoms with Crippen molar-refractivity contribution in [2.24, 2.45) is 0 Å². The summed E-state index contributed by atoms with van der Waals surface area (Å²) < 4.78 is 28.6. The zero-order valence-electron chi connectivity index (χ0n) is 10.9. The summed E-state index contributed by atoms with van der Waals surface area (Å²) in [5, 5.41) is -0.809. The summed E-state index contributed by atoms with van der Waals surface area (Å²) in [4.78, 5) is 23.6. The summed E-state index contributed by atoms with van der Waals surface area (Å²) in [6.45, 7) is 5.38. The molecule has 1 rings (SSSR count). The Morgan fingerprint density at radius 1 is 1.44 bits per heavy atom. The van der Waals surface area contributed by atoms with Gasteiger partial charge in [-0.25, -0.2) is 13.2 Å². The van der Waals surface area contributed by atoms with E-state index < -0.39 is 26.8 Å². The molecule has 0 aromatic heterocycles. The molecule has 6 nitrogen and oxygen atoms in total. The molecule has 0 saturated carbocycles. The van der Waals surface area contributed by atoms with Crippen LogP contribution in [0.1, 0.15) is 27.2 Å². The topological polar surface area (TPSA) is 80.8 Å². The van der Waals surface area contributed by atoms with E-state index in [9.17, 15) is 18.0 Å². The molecule has 7 heteroatoms. The molecule has 0 aromatic carbocycles. The minimum atomic E-state index is -3.28. The number of nitrogens with zero attached hydrogens (tertiary/aromatic N) is 1. The van der Waals surface area contributed by atoms with Crippen LogP contribution in [0.3, 0.4) is 0 Å². The highest BCUT2D eigenvalue weighted by molar-refractivity contribution is 7.92. The molecule has 0 aliphatic carbocycles. The fraction of sp³-hybridized carbons (Fsp3) is 0.818. The van der Waals surface area contributed by atoms with Gasteiger partial charge in [-0.15, -0.1) is 0 Å². The molecule has 1 saturated heterocycles. The van der Waals surface area contributed by atoms with Crippen molar-refractivity contribution in [3.8, 4) is 0 Å². The molecule has 104 valence electrons. The lowest BCUT2D eigenvalue weighted by Crippen LogP contribution is -2.50. The van der Waals surface area contributed by atoms with E-state index in [-0.39, 0.29) is 25.3 Å². The highest BCUT2D eigenvalue weighted by atomic mass is 32.2. The van der Waals surface area contributed by atoms with Crippen molar-refractivity contribution in [3.05, 3.63) is 0 Å². The molecule has 1 unspecified atom stereocenters. The second-order valence-electron chi connectivity index (χ2n) is 5.32. The van der Waals surface area contributed by atoms with Gasteiger partial charge in [0.25, 0.3) is 0 Å². The lowest BCUT2D eigenvalue weighted by molar-refractivity contribution is -0.108. The molecule has 0 radical (unpaired) electrons. The van der Waals surface area contributed by atoms with E-state index in [4.69, 9.17) is 4.74 Å². The summed E-state index contributed by atoms with van der Waals surface area (Å²) in [7, 11) is -3.28. The zero-order valence-corrected chi connectivity index (χ0v) is 11.7. The third kappa shape index (κ3) is 3.97. The van der Waals surface area contributed by atoms with Gasteiger partial charge in [-0.05, 0) is 20.8 Å². The highest BCUT2D eigenvalue weighted by Gasteiger charge is 2.36. The SMILES string of the molecule is CC(C)(C)OC(=O)N1CCS(=O)(=O)C(CC=O)C1. The zero-order chi connectivity index (χ0) is 14.0. The third-order valence-corrected chi connectivity index (χ3v) is 4.70. The molecule has 1 atom stereocenters. The van der Waals surface area contributed by atoms with Crippen molar-refractivity contribution < 1.29 is 22.7 Å². The first-order valence-corrected chi connectivity index (χ1v) is 7.50. The van der Waals surface area contributed by atoms with E-state index in [1.807, 2.05) is 0 Å². The van der Waals surface area contributed by atoms with E-state index in [0.717, 1.165) is 0 Å². The molecule has 0 aromatic rings. The van der Waals surface area contributed by atoms with Crippen LogP contribution in [0.25, 0.3) is 0 Å². The van der Waals surface area contributed by atoms with E-state index in [1.165, 1.54) is 4.90 Å². The van der Waals surface area contributed by atoms with E-state index in [0.29, 0.717) is 6.29 Å². The van der Waals surface area contributed by atoms with E-state index in [1.54, 1.807) is 20.8 Å². The van der Waals surface area contributed by atoms with Crippen molar-refractivity contribution in [3.63, 3.8) is 0 Å². The summed E-state index contributed by atoms with van der Waals surface area (Å²) in [6, 6.07) is 0. The maximum atomic E-state index is 11.8. The largest absolute Gasteiger partial charge is 0.444 e. The Balaban J connectivity index is 2.72. The van der Waals surface area contributed by atoms with E-state index >= 15 is 0 Å². The first-order valence-electron chi connectivity index (χ1n) is 5.79. The molecule has 1 aliphatic heterocycles. The molecule has 0 bridgehead atoms. The van der Waals surface area contributed by atoms with Crippen LogP contribution in [-0.2, 0) is 19.4 Å². The molecular weight excluding hydrogens is 258 g/mol. The van der Waals surface area contributed by atoms with Crippen molar-refractivity contribution in [2.75, 3.05) is 18.8 Å². The highest BCUT2D eigenvalue weighted by Crippen LogP contribution is 2.17. The van der Waals surface area contributed by atoms with Crippen LogP contribution in [0.5, 0.6) is 0 Å². The summed E-state index contributed by atoms with van der Waals surface area (Å²) >= 11 is 0. The second kappa shape index (κ2) is 5.26. The minimum Gasteiger partial charge on any atom is -0.444 e. The molecule has 1 fully saturated rings. The van der Waals surface area contributed by atoms with Gasteiger partial charge in [-0.1, -0.05) is 0 Å². The Kier molecular flexibility index (Phi) is 4.37. The number of carbonyl (C=O) groups excluding carboxylic acids is 2. The fourth-order valence-corrected chi connectivity index (χ4v) is 3.26. The normalized spacial score (nSPS) is 23.5. The van der Waals surface area contributed by atoms with Gasteiger partial charge < -0.3 is 14.4 Å². The first kappa shape index (κ1) is 14.9. The quantitative estimate of drug-likeness (QED) is 0.691. The van der Waals surface area contributed by atoms with Crippen molar-refractivity contribution in [2.45, 2.75) is 38.0 Å². The van der Waals surface area contributed by atoms with Gasteiger partial charge >= 0.3 is 6.09 Å². The van der Waals surface area contributed by atoms with Crippen molar-refractivity contribution in [1.82, 2.24) is 4.90 Å². The minimum absolute atomic E-state index is 0.0238. The number of carbonyl (C=O) groups is 2. The van der Waals surface area contributed by atoms with Gasteiger partial charge in [0.1, 0.15) is 11.9 Å². The Morgan fingerprint density at radius 2 is 2.06 bits per heavy atom. The van der Waals surface area contributed by atoms with Gasteiger partial charge in [-0.3, -0.25) is 0 Å². The summed E-state index contributed by atoms with van der Waals surface area (Å²) in [5.41, 5.74) is -0.617. The molecule has 0 N–H and O–H groups in total. The van der Waals surface area contributed by atoms with Crippen LogP contribution in [0.2, 0.25) is 0 Å². The van der Waals surface area contributed by atoms with Crippen LogP contribution in [-0.4, -0.2) is 55.4 Å². The molecule has 1 amide bonds. The third-order valence-electron chi connectivity index (χ3n) is 2.59. The number of ether oxygens (including phenoxy) is 1. The van der Waals surface area contributed by atoms with E-state index in [2.05, 4.69) is 0 Å². The molecular formula is C11H19NO5S. The smallest absolute Gasteiger partial charge is 0.410 e. The Bertz CT molecular complexity index is 423. The Hall–Kier alpha value is -1.11. The second-order valence-corrected chi connectivity index (χ2v) is 7.72. The molecule has 18 heavy (non-hydrogen) atoms. The number of rotatable bonds is 2. The lowest BCUT2D eigenvalue weighted by atomic mass is 10.2. The van der Waals surface area contributed by atoms with Crippen molar-refractivity contribution >= 4 is 22.2 Å². The van der Waals surface area contributed by atoms with Gasteiger partial charge in [0, 0.05) is 19.5 Å². The maximum absolute atomic E-state index is 11.8. The summed E-state index contributed by atoms with van der Waals surface area (Å²) in [6.07, 6.45) is -0.0455. The molecule has 0 spiro atoms. The number of hydrogen-bond acceptors (Lipinski definition) is 5. The average Bonchev–Trinajstić information content (AvgIpc) is 2.18. The van der Waals surface area contributed by atoms with Crippen molar-refractivity contribution in [1.29, 1.82) is 0 Å². The number of sulfone groups is 1. The van der Waals surface area contributed by atoms with Gasteiger partial charge in [0.2, 0.25) is 0 Å². The van der Waals surface area contributed by atoms with Crippen LogP contribution >= 0.6 is 0 Å². The monoisotopic (exact) mass is 277 g/mol. The van der Waals surface area contributed by atoms with Crippen LogP contribution < -0.4 is 0 Å². The molecule has 1 heterocycles. The average molecular weight is 277 g/mol. The standard InChI is InChI=1S/C11H19NO5S/c1-11(2,3)17-10(14)12-5-7-18(15,16)9(8-12)4-6-13/h6,9H,4-5,7-8H2,1-3H3. The van der Waals surface area contributed by atoms with Gasteiger partial charge in [0.05, 0.1) is 11.0 Å². The fourth-order valence-electron chi connectivity index (χ4n) is 1.68. The number of hydrogen-bond donors (Lipinski definition) is 0. The van der Waals surface area contributed by atoms with Crippen LogP contribution in [0.4, 0.5) is 4.79 Å². The van der Waals surface area contributed by atoms with Gasteiger partial charge in [-0.2, -0.15) is 0 Å². The maximum Gasteiger partial charge on any atom is 0.410 e. The van der Waals surface area contributed by atoms with Gasteiger partial charge in [0.15, 0.2) is 9.84 Å². The lowest BCUT2D eigenvalue weighted by Gasteiger charge is -2.33. The number of aldehydes is 1. The number of amides is 1. The Labute approximate surface area is 107 Å². The first-order chi connectivity index (χ1) is 8.15. The summed E-state index contributed by atoms with van der Waals surface area (Å²) in [5.74, 6) is -0.120. The van der Waals surface area contributed by atoms with Crippen LogP contribution in [0.15, 0.2) is 0 Å². The van der Waals surface area contributed by atoms with Crippen LogP contribution in [0, 0.1) is 0 Å².